The molecule has 1 fully saturated rings. The monoisotopic (exact) mass is 277 g/mol. The number of hydroxylamine groups is 2. The number of amides is 1. The van der Waals surface area contributed by atoms with Crippen molar-refractivity contribution >= 4 is 6.09 Å². The lowest BCUT2D eigenvalue weighted by atomic mass is 10.1. The Kier molecular flexibility index (Phi) is 5.15. The summed E-state index contributed by atoms with van der Waals surface area (Å²) in [6.07, 6.45) is 2.03. The molecule has 0 bridgehead atoms. The second kappa shape index (κ2) is 7.07. The average molecular weight is 277 g/mol. The highest BCUT2D eigenvalue weighted by Gasteiger charge is 2.36. The van der Waals surface area contributed by atoms with Gasteiger partial charge in [-0.1, -0.05) is 36.4 Å². The van der Waals surface area contributed by atoms with Gasteiger partial charge in [-0.3, -0.25) is 4.84 Å². The summed E-state index contributed by atoms with van der Waals surface area (Å²) in [6.45, 7) is 3.75. The first-order valence-corrected chi connectivity index (χ1v) is 6.63. The first kappa shape index (κ1) is 14.6. The molecule has 1 N–H and O–H groups in total. The molecule has 0 spiro atoms. The SMILES string of the molecule is C=CC[C@H]1C[C@H](CO)ON1C(=O)OCc1ccccc1. The van der Waals surface area contributed by atoms with E-state index < -0.39 is 6.09 Å². The van der Waals surface area contributed by atoms with E-state index in [0.29, 0.717) is 12.8 Å². The molecular weight excluding hydrogens is 258 g/mol. The van der Waals surface area contributed by atoms with Crippen LogP contribution in [-0.4, -0.2) is 35.0 Å². The molecule has 0 radical (unpaired) electrons. The van der Waals surface area contributed by atoms with Crippen molar-refractivity contribution in [2.45, 2.75) is 31.6 Å². The van der Waals surface area contributed by atoms with Crippen LogP contribution in [0.3, 0.4) is 0 Å². The van der Waals surface area contributed by atoms with Crippen molar-refractivity contribution in [3.63, 3.8) is 0 Å². The van der Waals surface area contributed by atoms with Crippen LogP contribution >= 0.6 is 0 Å². The fourth-order valence-corrected chi connectivity index (χ4v) is 2.16. The van der Waals surface area contributed by atoms with Crippen LogP contribution in [0.15, 0.2) is 43.0 Å². The van der Waals surface area contributed by atoms with Crippen molar-refractivity contribution < 1.29 is 19.5 Å². The van der Waals surface area contributed by atoms with E-state index in [4.69, 9.17) is 14.7 Å². The number of aliphatic hydroxyl groups is 1. The smallest absolute Gasteiger partial charge is 0.434 e. The van der Waals surface area contributed by atoms with E-state index >= 15 is 0 Å². The van der Waals surface area contributed by atoms with Crippen molar-refractivity contribution in [2.75, 3.05) is 6.61 Å². The number of carbonyl (C=O) groups is 1. The second-order valence-electron chi connectivity index (χ2n) is 4.69. The van der Waals surface area contributed by atoms with Crippen LogP contribution in [0.4, 0.5) is 4.79 Å². The van der Waals surface area contributed by atoms with Gasteiger partial charge in [-0.15, -0.1) is 6.58 Å². The Morgan fingerprint density at radius 2 is 2.25 bits per heavy atom. The van der Waals surface area contributed by atoms with Gasteiger partial charge >= 0.3 is 6.09 Å². The van der Waals surface area contributed by atoms with E-state index in [2.05, 4.69) is 6.58 Å². The molecule has 5 nitrogen and oxygen atoms in total. The van der Waals surface area contributed by atoms with Gasteiger partial charge in [0, 0.05) is 6.42 Å². The Labute approximate surface area is 118 Å². The van der Waals surface area contributed by atoms with E-state index in [9.17, 15) is 4.79 Å². The summed E-state index contributed by atoms with van der Waals surface area (Å²) in [7, 11) is 0. The van der Waals surface area contributed by atoms with E-state index in [1.807, 2.05) is 30.3 Å². The number of nitrogens with zero attached hydrogens (tertiary/aromatic N) is 1. The molecule has 108 valence electrons. The molecule has 1 aromatic rings. The van der Waals surface area contributed by atoms with Crippen LogP contribution in [0.25, 0.3) is 0 Å². The highest BCUT2D eigenvalue weighted by atomic mass is 16.7. The van der Waals surface area contributed by atoms with Gasteiger partial charge in [0.05, 0.1) is 12.6 Å². The van der Waals surface area contributed by atoms with Gasteiger partial charge in [-0.05, 0) is 12.0 Å². The zero-order valence-corrected chi connectivity index (χ0v) is 11.3. The predicted octanol–water partition coefficient (Wildman–Crippen LogP) is 2.27. The highest BCUT2D eigenvalue weighted by molar-refractivity contribution is 5.67. The molecule has 1 aromatic carbocycles. The average Bonchev–Trinajstić information content (AvgIpc) is 2.89. The number of ether oxygens (including phenoxy) is 1. The summed E-state index contributed by atoms with van der Waals surface area (Å²) in [5.41, 5.74) is 0.916. The topological polar surface area (TPSA) is 59.0 Å². The number of carbonyl (C=O) groups excluding carboxylic acids is 1. The number of aliphatic hydroxyl groups excluding tert-OH is 1. The molecular formula is C15H19NO4. The van der Waals surface area contributed by atoms with Gasteiger partial charge in [0.1, 0.15) is 12.7 Å². The van der Waals surface area contributed by atoms with E-state index in [1.165, 1.54) is 5.06 Å². The molecule has 2 atom stereocenters. The molecule has 0 saturated carbocycles. The molecule has 1 aliphatic rings. The van der Waals surface area contributed by atoms with Crippen LogP contribution in [0.2, 0.25) is 0 Å². The summed E-state index contributed by atoms with van der Waals surface area (Å²) >= 11 is 0. The zero-order valence-electron chi connectivity index (χ0n) is 11.3. The van der Waals surface area contributed by atoms with Gasteiger partial charge in [0.2, 0.25) is 0 Å². The van der Waals surface area contributed by atoms with Crippen molar-refractivity contribution in [2.24, 2.45) is 0 Å². The van der Waals surface area contributed by atoms with Crippen molar-refractivity contribution in [1.82, 2.24) is 5.06 Å². The molecule has 0 unspecified atom stereocenters. The summed E-state index contributed by atoms with van der Waals surface area (Å²) in [6, 6.07) is 9.32. The van der Waals surface area contributed by atoms with E-state index in [0.717, 1.165) is 5.56 Å². The first-order chi connectivity index (χ1) is 9.74. The van der Waals surface area contributed by atoms with Crippen LogP contribution in [0.5, 0.6) is 0 Å². The maximum atomic E-state index is 12.0. The lowest BCUT2D eigenvalue weighted by Crippen LogP contribution is -2.34. The molecule has 5 heteroatoms. The van der Waals surface area contributed by atoms with E-state index in [-0.39, 0.29) is 25.4 Å². The third kappa shape index (κ3) is 3.59. The van der Waals surface area contributed by atoms with Crippen LogP contribution in [0, 0.1) is 0 Å². The van der Waals surface area contributed by atoms with Crippen LogP contribution in [-0.2, 0) is 16.2 Å². The molecule has 0 aliphatic carbocycles. The third-order valence-electron chi connectivity index (χ3n) is 3.16. The summed E-state index contributed by atoms with van der Waals surface area (Å²) in [4.78, 5) is 17.4. The number of hydrogen-bond donors (Lipinski definition) is 1. The predicted molar refractivity (Wildman–Crippen MR) is 73.6 cm³/mol. The quantitative estimate of drug-likeness (QED) is 0.839. The fraction of sp³-hybridized carbons (Fsp3) is 0.400. The maximum absolute atomic E-state index is 12.0. The van der Waals surface area contributed by atoms with Gasteiger partial charge < -0.3 is 9.84 Å². The first-order valence-electron chi connectivity index (χ1n) is 6.63. The number of benzene rings is 1. The maximum Gasteiger partial charge on any atom is 0.434 e. The normalized spacial score (nSPS) is 21.8. The fourth-order valence-electron chi connectivity index (χ4n) is 2.16. The Hall–Kier alpha value is -1.85. The molecule has 1 aliphatic heterocycles. The number of hydrogen-bond acceptors (Lipinski definition) is 4. The van der Waals surface area contributed by atoms with Gasteiger partial charge in [-0.25, -0.2) is 4.79 Å². The lowest BCUT2D eigenvalue weighted by molar-refractivity contribution is -0.148. The Morgan fingerprint density at radius 1 is 1.50 bits per heavy atom. The van der Waals surface area contributed by atoms with E-state index in [1.54, 1.807) is 6.08 Å². The Balaban J connectivity index is 1.91. The molecule has 1 amide bonds. The lowest BCUT2D eigenvalue weighted by Gasteiger charge is -2.21. The molecule has 1 heterocycles. The van der Waals surface area contributed by atoms with Crippen LogP contribution in [0.1, 0.15) is 18.4 Å². The van der Waals surface area contributed by atoms with Crippen molar-refractivity contribution in [1.29, 1.82) is 0 Å². The molecule has 2 rings (SSSR count). The minimum atomic E-state index is -0.531. The summed E-state index contributed by atoms with van der Waals surface area (Å²) in [5, 5.41) is 10.3. The molecule has 1 saturated heterocycles. The summed E-state index contributed by atoms with van der Waals surface area (Å²) in [5.74, 6) is 0. The minimum absolute atomic E-state index is 0.115. The van der Waals surface area contributed by atoms with Crippen molar-refractivity contribution in [3.8, 4) is 0 Å². The second-order valence-corrected chi connectivity index (χ2v) is 4.69. The van der Waals surface area contributed by atoms with Gasteiger partial charge in [-0.2, -0.15) is 5.06 Å². The van der Waals surface area contributed by atoms with Crippen molar-refractivity contribution in [3.05, 3.63) is 48.6 Å². The zero-order chi connectivity index (χ0) is 14.4. The third-order valence-corrected chi connectivity index (χ3v) is 3.16. The standard InChI is InChI=1S/C15H19NO4/c1-2-6-13-9-14(10-17)20-16(13)15(18)19-11-12-7-4-3-5-8-12/h2-5,7-8,13-14,17H,1,6,9-11H2/t13-,14+/m0/s1. The van der Waals surface area contributed by atoms with Gasteiger partial charge in [0.15, 0.2) is 0 Å². The highest BCUT2D eigenvalue weighted by Crippen LogP contribution is 2.24. The Morgan fingerprint density at radius 3 is 2.90 bits per heavy atom. The molecule has 0 aromatic heterocycles. The largest absolute Gasteiger partial charge is 0.443 e. The Bertz CT molecular complexity index is 448. The van der Waals surface area contributed by atoms with Gasteiger partial charge in [0.25, 0.3) is 0 Å². The minimum Gasteiger partial charge on any atom is -0.443 e. The summed E-state index contributed by atoms with van der Waals surface area (Å²) < 4.78 is 5.23. The van der Waals surface area contributed by atoms with Crippen LogP contribution < -0.4 is 0 Å². The number of rotatable bonds is 5. The molecule has 20 heavy (non-hydrogen) atoms.